The summed E-state index contributed by atoms with van der Waals surface area (Å²) in [6.45, 7) is 3.31. The molecule has 13 nitrogen and oxygen atoms in total. The van der Waals surface area contributed by atoms with E-state index >= 15 is 0 Å². The Balaban J connectivity index is 1.60. The number of ether oxygens (including phenoxy) is 2. The molecule has 0 radical (unpaired) electrons. The Labute approximate surface area is 237 Å². The molecule has 3 aromatic rings. The molecule has 3 amide bonds. The van der Waals surface area contributed by atoms with Crippen molar-refractivity contribution in [1.29, 1.82) is 0 Å². The van der Waals surface area contributed by atoms with E-state index in [-0.39, 0.29) is 27.7 Å². The molecule has 210 valence electrons. The van der Waals surface area contributed by atoms with Crippen molar-refractivity contribution in [2.75, 3.05) is 19.0 Å². The normalized spacial score (nSPS) is 13.8. The first-order valence-corrected chi connectivity index (χ1v) is 12.7. The predicted octanol–water partition coefficient (Wildman–Crippen LogP) is 5.60. The van der Waals surface area contributed by atoms with Crippen LogP contribution >= 0.6 is 11.8 Å². The number of methoxy groups -OCH3 is 1. The van der Waals surface area contributed by atoms with E-state index in [1.807, 2.05) is 19.9 Å². The minimum absolute atomic E-state index is 0.0229. The number of rotatable bonds is 9. The summed E-state index contributed by atoms with van der Waals surface area (Å²) in [6.07, 6.45) is 1.33. The van der Waals surface area contributed by atoms with Crippen molar-refractivity contribution in [3.05, 3.63) is 96.4 Å². The van der Waals surface area contributed by atoms with Gasteiger partial charge in [-0.3, -0.25) is 39.5 Å². The Morgan fingerprint density at radius 2 is 1.76 bits per heavy atom. The average molecular weight is 579 g/mol. The fourth-order valence-corrected chi connectivity index (χ4v) is 4.64. The molecule has 14 heteroatoms. The van der Waals surface area contributed by atoms with Crippen LogP contribution in [0.5, 0.6) is 17.2 Å². The number of carbonyl (C=O) groups excluding carboxylic acids is 3. The van der Waals surface area contributed by atoms with Gasteiger partial charge in [-0.2, -0.15) is 0 Å². The van der Waals surface area contributed by atoms with Gasteiger partial charge < -0.3 is 14.8 Å². The number of thioether (sulfide) groups is 1. The number of nitrogens with one attached hydrogen (secondary N) is 1. The highest BCUT2D eigenvalue weighted by Crippen LogP contribution is 2.42. The van der Waals surface area contributed by atoms with E-state index in [1.165, 1.54) is 25.3 Å². The second kappa shape index (κ2) is 11.9. The quantitative estimate of drug-likeness (QED) is 0.191. The van der Waals surface area contributed by atoms with Crippen molar-refractivity contribution in [1.82, 2.24) is 4.90 Å². The number of imide groups is 1. The lowest BCUT2D eigenvalue weighted by molar-refractivity contribution is -0.394. The van der Waals surface area contributed by atoms with Crippen LogP contribution in [0.3, 0.4) is 0 Å². The highest BCUT2D eigenvalue weighted by atomic mass is 32.2. The number of amides is 3. The largest absolute Gasteiger partial charge is 0.493 e. The SMILES string of the molecule is COc1cccc(/C=C2/SC(=O)N(CC(=O)Nc3ccc(C)c(C)c3)C2=O)c1Oc1ccc([N+](=O)[O-])cc1[N+](=O)[O-]. The van der Waals surface area contributed by atoms with Crippen LogP contribution in [0.1, 0.15) is 16.7 Å². The van der Waals surface area contributed by atoms with Crippen molar-refractivity contribution < 1.29 is 33.7 Å². The Morgan fingerprint density at radius 1 is 1.00 bits per heavy atom. The molecule has 4 rings (SSSR count). The van der Waals surface area contributed by atoms with Crippen LogP contribution in [-0.4, -0.2) is 45.5 Å². The Morgan fingerprint density at radius 3 is 2.41 bits per heavy atom. The molecule has 1 fully saturated rings. The molecule has 1 saturated heterocycles. The van der Waals surface area contributed by atoms with Gasteiger partial charge in [-0.15, -0.1) is 0 Å². The number of nitro benzene ring substituents is 2. The van der Waals surface area contributed by atoms with Crippen LogP contribution in [0.2, 0.25) is 0 Å². The smallest absolute Gasteiger partial charge is 0.318 e. The second-order valence-corrected chi connectivity index (χ2v) is 9.76. The highest BCUT2D eigenvalue weighted by Gasteiger charge is 2.36. The summed E-state index contributed by atoms with van der Waals surface area (Å²) in [5, 5.41) is 24.7. The molecule has 1 aliphatic heterocycles. The Bertz CT molecular complexity index is 1640. The molecule has 1 aliphatic rings. The van der Waals surface area contributed by atoms with Gasteiger partial charge in [0.1, 0.15) is 6.54 Å². The van der Waals surface area contributed by atoms with Gasteiger partial charge in [0, 0.05) is 17.3 Å². The second-order valence-electron chi connectivity index (χ2n) is 8.76. The highest BCUT2D eigenvalue weighted by molar-refractivity contribution is 8.18. The summed E-state index contributed by atoms with van der Waals surface area (Å²) in [7, 11) is 1.33. The van der Waals surface area contributed by atoms with E-state index in [0.29, 0.717) is 17.4 Å². The van der Waals surface area contributed by atoms with E-state index in [0.717, 1.165) is 34.2 Å². The van der Waals surface area contributed by atoms with Gasteiger partial charge in [0.25, 0.3) is 16.8 Å². The molecule has 0 aromatic heterocycles. The monoisotopic (exact) mass is 578 g/mol. The van der Waals surface area contributed by atoms with Crippen molar-refractivity contribution in [2.45, 2.75) is 13.8 Å². The van der Waals surface area contributed by atoms with E-state index in [9.17, 15) is 34.6 Å². The van der Waals surface area contributed by atoms with E-state index < -0.39 is 44.8 Å². The minimum atomic E-state index is -0.828. The number of para-hydroxylation sites is 1. The van der Waals surface area contributed by atoms with Crippen LogP contribution < -0.4 is 14.8 Å². The van der Waals surface area contributed by atoms with Crippen LogP contribution in [-0.2, 0) is 9.59 Å². The zero-order valence-electron chi connectivity index (χ0n) is 21.9. The summed E-state index contributed by atoms with van der Waals surface area (Å²) in [4.78, 5) is 60.2. The van der Waals surface area contributed by atoms with Gasteiger partial charge in [-0.05, 0) is 67.1 Å². The van der Waals surface area contributed by atoms with Crippen molar-refractivity contribution in [2.24, 2.45) is 0 Å². The van der Waals surface area contributed by atoms with Crippen molar-refractivity contribution in [3.8, 4) is 17.2 Å². The number of nitrogens with zero attached hydrogens (tertiary/aromatic N) is 3. The molecule has 0 bridgehead atoms. The van der Waals surface area contributed by atoms with Crippen LogP contribution in [0.25, 0.3) is 6.08 Å². The van der Waals surface area contributed by atoms with Gasteiger partial charge >= 0.3 is 5.69 Å². The summed E-state index contributed by atoms with van der Waals surface area (Å²) in [5.41, 5.74) is 1.60. The zero-order valence-corrected chi connectivity index (χ0v) is 22.7. The number of nitro groups is 2. The number of anilines is 1. The first-order valence-electron chi connectivity index (χ1n) is 11.9. The Hall–Kier alpha value is -5.24. The van der Waals surface area contributed by atoms with Gasteiger partial charge in [0.05, 0.1) is 27.9 Å². The van der Waals surface area contributed by atoms with E-state index in [4.69, 9.17) is 9.47 Å². The molecule has 1 N–H and O–H groups in total. The standard InChI is InChI=1S/C27H22N4O9S/c1-15-7-8-18(11-16(15)2)28-24(32)14-29-26(33)23(41-27(29)34)12-17-5-4-6-22(39-3)25(17)40-21-10-9-19(30(35)36)13-20(21)31(37)38/h4-13H,14H2,1-3H3,(H,28,32)/b23-12+. The number of carbonyl (C=O) groups is 3. The molecule has 3 aromatic carbocycles. The number of non-ortho nitro benzene ring substituents is 1. The fraction of sp³-hybridized carbons (Fsp3) is 0.148. The summed E-state index contributed by atoms with van der Waals surface area (Å²) in [6, 6.07) is 12.8. The summed E-state index contributed by atoms with van der Waals surface area (Å²) >= 11 is 0.610. The molecule has 1 heterocycles. The van der Waals surface area contributed by atoms with Crippen LogP contribution in [0, 0.1) is 34.1 Å². The summed E-state index contributed by atoms with van der Waals surface area (Å²) in [5.74, 6) is -1.49. The lowest BCUT2D eigenvalue weighted by Crippen LogP contribution is -2.36. The maximum absolute atomic E-state index is 13.1. The topological polar surface area (TPSA) is 171 Å². The molecular formula is C27H22N4O9S. The fourth-order valence-electron chi connectivity index (χ4n) is 3.82. The third-order valence-corrected chi connectivity index (χ3v) is 6.95. The third-order valence-electron chi connectivity index (χ3n) is 6.04. The van der Waals surface area contributed by atoms with Crippen molar-refractivity contribution >= 4 is 52.0 Å². The molecule has 0 saturated carbocycles. The van der Waals surface area contributed by atoms with Crippen LogP contribution in [0.4, 0.5) is 21.9 Å². The number of benzene rings is 3. The maximum atomic E-state index is 13.1. The average Bonchev–Trinajstić information content (AvgIpc) is 3.18. The molecule has 0 atom stereocenters. The maximum Gasteiger partial charge on any atom is 0.318 e. The number of hydrogen-bond acceptors (Lipinski definition) is 10. The first kappa shape index (κ1) is 28.8. The molecule has 0 spiro atoms. The van der Waals surface area contributed by atoms with Gasteiger partial charge in [-0.25, -0.2) is 0 Å². The minimum Gasteiger partial charge on any atom is -0.493 e. The molecule has 0 aliphatic carbocycles. The molecule has 0 unspecified atom stereocenters. The summed E-state index contributed by atoms with van der Waals surface area (Å²) < 4.78 is 11.1. The first-order chi connectivity index (χ1) is 19.5. The predicted molar refractivity (Wildman–Crippen MR) is 150 cm³/mol. The van der Waals surface area contributed by atoms with Gasteiger partial charge in [-0.1, -0.05) is 18.2 Å². The van der Waals surface area contributed by atoms with Crippen molar-refractivity contribution in [3.63, 3.8) is 0 Å². The molecule has 41 heavy (non-hydrogen) atoms. The van der Waals surface area contributed by atoms with Gasteiger partial charge in [0.15, 0.2) is 11.5 Å². The lowest BCUT2D eigenvalue weighted by atomic mass is 10.1. The third kappa shape index (κ3) is 6.33. The number of aryl methyl sites for hydroxylation is 2. The molecular weight excluding hydrogens is 556 g/mol. The number of hydrogen-bond donors (Lipinski definition) is 1. The van der Waals surface area contributed by atoms with Gasteiger partial charge in [0.2, 0.25) is 11.7 Å². The Kier molecular flexibility index (Phi) is 8.33. The zero-order chi connectivity index (χ0) is 29.8. The van der Waals surface area contributed by atoms with E-state index in [1.54, 1.807) is 18.2 Å². The van der Waals surface area contributed by atoms with Crippen LogP contribution in [0.15, 0.2) is 59.5 Å². The van der Waals surface area contributed by atoms with E-state index in [2.05, 4.69) is 5.32 Å². The lowest BCUT2D eigenvalue weighted by Gasteiger charge is -2.14.